The first-order valence-electron chi connectivity index (χ1n) is 6.74. The van der Waals surface area contributed by atoms with Crippen LogP contribution < -0.4 is 5.32 Å². The highest BCUT2D eigenvalue weighted by molar-refractivity contribution is 5.69. The van der Waals surface area contributed by atoms with Gasteiger partial charge in [-0.2, -0.15) is 0 Å². The van der Waals surface area contributed by atoms with Gasteiger partial charge in [-0.15, -0.1) is 0 Å². The average Bonchev–Trinajstić information content (AvgIpc) is 2.38. The molecule has 1 unspecified atom stereocenters. The van der Waals surface area contributed by atoms with E-state index in [-0.39, 0.29) is 5.97 Å². The molecule has 0 saturated carbocycles. The van der Waals surface area contributed by atoms with Gasteiger partial charge in [0.15, 0.2) is 0 Å². The van der Waals surface area contributed by atoms with Crippen molar-refractivity contribution >= 4 is 5.97 Å². The van der Waals surface area contributed by atoms with Crippen LogP contribution in [0.3, 0.4) is 0 Å². The van der Waals surface area contributed by atoms with Crippen LogP contribution >= 0.6 is 0 Å². The molecular weight excluding hydrogens is 234 g/mol. The minimum absolute atomic E-state index is 0.246. The predicted molar refractivity (Wildman–Crippen MR) is 70.5 cm³/mol. The number of unbranched alkanes of at least 4 members (excludes halogenated alkanes) is 3. The number of hydrogen-bond acceptors (Lipinski definition) is 5. The standard InChI is InChI=1S/C13H27NO4/c1-3-4-5-6-9-18-11-12(15)10-14-8-7-13(16)17-2/h12,14-15H,3-11H2,1-2H3. The molecule has 5 heteroatoms. The topological polar surface area (TPSA) is 67.8 Å². The molecule has 0 fully saturated rings. The van der Waals surface area contributed by atoms with Crippen molar-refractivity contribution in [3.05, 3.63) is 0 Å². The van der Waals surface area contributed by atoms with Crippen LogP contribution in [-0.4, -0.2) is 50.6 Å². The van der Waals surface area contributed by atoms with Gasteiger partial charge in [0.25, 0.3) is 0 Å². The van der Waals surface area contributed by atoms with E-state index in [9.17, 15) is 9.90 Å². The molecule has 0 aliphatic heterocycles. The number of carbonyl (C=O) groups excluding carboxylic acids is 1. The van der Waals surface area contributed by atoms with Crippen LogP contribution in [0.15, 0.2) is 0 Å². The lowest BCUT2D eigenvalue weighted by Gasteiger charge is -2.12. The second-order valence-corrected chi connectivity index (χ2v) is 4.32. The van der Waals surface area contributed by atoms with Crippen molar-refractivity contribution < 1.29 is 19.4 Å². The molecule has 0 rings (SSSR count). The monoisotopic (exact) mass is 261 g/mol. The molecule has 0 aromatic rings. The predicted octanol–water partition coefficient (Wildman–Crippen LogP) is 1.10. The maximum atomic E-state index is 10.8. The van der Waals surface area contributed by atoms with E-state index in [1.165, 1.54) is 26.4 Å². The smallest absolute Gasteiger partial charge is 0.306 e. The molecule has 0 amide bonds. The molecule has 108 valence electrons. The quantitative estimate of drug-likeness (QED) is 0.407. The highest BCUT2D eigenvalue weighted by atomic mass is 16.5. The van der Waals surface area contributed by atoms with Gasteiger partial charge < -0.3 is 19.9 Å². The summed E-state index contributed by atoms with van der Waals surface area (Å²) in [6, 6.07) is 0. The van der Waals surface area contributed by atoms with Crippen molar-refractivity contribution in [1.82, 2.24) is 5.32 Å². The number of esters is 1. The Labute approximate surface area is 110 Å². The number of hydrogen-bond donors (Lipinski definition) is 2. The van der Waals surface area contributed by atoms with Crippen LogP contribution in [0, 0.1) is 0 Å². The lowest BCUT2D eigenvalue weighted by Crippen LogP contribution is -2.32. The summed E-state index contributed by atoms with van der Waals surface area (Å²) in [5.41, 5.74) is 0. The van der Waals surface area contributed by atoms with E-state index in [0.29, 0.717) is 32.7 Å². The number of nitrogens with one attached hydrogen (secondary N) is 1. The summed E-state index contributed by atoms with van der Waals surface area (Å²) in [5, 5.41) is 12.6. The van der Waals surface area contributed by atoms with Gasteiger partial charge in [-0.25, -0.2) is 0 Å². The summed E-state index contributed by atoms with van der Waals surface area (Å²) in [5.74, 6) is -0.246. The molecule has 0 radical (unpaired) electrons. The third kappa shape index (κ3) is 11.8. The highest BCUT2D eigenvalue weighted by Crippen LogP contribution is 1.99. The van der Waals surface area contributed by atoms with Gasteiger partial charge in [0.05, 0.1) is 26.2 Å². The van der Waals surface area contributed by atoms with Crippen molar-refractivity contribution in [3.63, 3.8) is 0 Å². The molecule has 0 aliphatic rings. The van der Waals surface area contributed by atoms with Crippen LogP contribution in [-0.2, 0) is 14.3 Å². The number of methoxy groups -OCH3 is 1. The van der Waals surface area contributed by atoms with E-state index in [1.54, 1.807) is 0 Å². The van der Waals surface area contributed by atoms with Crippen molar-refractivity contribution in [3.8, 4) is 0 Å². The van der Waals surface area contributed by atoms with Crippen LogP contribution in [0.4, 0.5) is 0 Å². The fraction of sp³-hybridized carbons (Fsp3) is 0.923. The molecule has 0 heterocycles. The first-order chi connectivity index (χ1) is 8.70. The average molecular weight is 261 g/mol. The van der Waals surface area contributed by atoms with E-state index in [0.717, 1.165) is 6.42 Å². The zero-order chi connectivity index (χ0) is 13.6. The minimum atomic E-state index is -0.520. The minimum Gasteiger partial charge on any atom is -0.469 e. The molecular formula is C13H27NO4. The third-order valence-corrected chi connectivity index (χ3v) is 2.57. The number of rotatable bonds is 12. The zero-order valence-corrected chi connectivity index (χ0v) is 11.6. The summed E-state index contributed by atoms with van der Waals surface area (Å²) in [4.78, 5) is 10.8. The Morgan fingerprint density at radius 2 is 2.11 bits per heavy atom. The maximum absolute atomic E-state index is 10.8. The Hall–Kier alpha value is -0.650. The van der Waals surface area contributed by atoms with Gasteiger partial charge in [-0.05, 0) is 6.42 Å². The molecule has 2 N–H and O–H groups in total. The molecule has 0 spiro atoms. The summed E-state index contributed by atoms with van der Waals surface area (Å²) in [6.07, 6.45) is 4.49. The largest absolute Gasteiger partial charge is 0.469 e. The van der Waals surface area contributed by atoms with Crippen molar-refractivity contribution in [2.75, 3.05) is 33.4 Å². The lowest BCUT2D eigenvalue weighted by molar-refractivity contribution is -0.140. The normalized spacial score (nSPS) is 12.4. The SMILES string of the molecule is CCCCCCOCC(O)CNCCC(=O)OC. The Kier molecular flexibility index (Phi) is 12.3. The molecule has 0 aliphatic carbocycles. The van der Waals surface area contributed by atoms with Crippen LogP contribution in [0.1, 0.15) is 39.0 Å². The molecule has 1 atom stereocenters. The maximum Gasteiger partial charge on any atom is 0.306 e. The van der Waals surface area contributed by atoms with Crippen LogP contribution in [0.25, 0.3) is 0 Å². The summed E-state index contributed by atoms with van der Waals surface area (Å²) in [6.45, 7) is 4.17. The van der Waals surface area contributed by atoms with Crippen molar-refractivity contribution in [2.45, 2.75) is 45.1 Å². The van der Waals surface area contributed by atoms with E-state index in [1.807, 2.05) is 0 Å². The van der Waals surface area contributed by atoms with Gasteiger partial charge >= 0.3 is 5.97 Å². The fourth-order valence-electron chi connectivity index (χ4n) is 1.47. The van der Waals surface area contributed by atoms with Gasteiger partial charge in [0.2, 0.25) is 0 Å². The van der Waals surface area contributed by atoms with Gasteiger partial charge in [0.1, 0.15) is 0 Å². The van der Waals surface area contributed by atoms with E-state index < -0.39 is 6.10 Å². The lowest BCUT2D eigenvalue weighted by atomic mass is 10.2. The highest BCUT2D eigenvalue weighted by Gasteiger charge is 2.04. The van der Waals surface area contributed by atoms with Crippen molar-refractivity contribution in [1.29, 1.82) is 0 Å². The number of aliphatic hydroxyl groups excluding tert-OH is 1. The molecule has 5 nitrogen and oxygen atoms in total. The summed E-state index contributed by atoms with van der Waals surface area (Å²) >= 11 is 0. The second kappa shape index (κ2) is 12.8. The zero-order valence-electron chi connectivity index (χ0n) is 11.6. The first-order valence-corrected chi connectivity index (χ1v) is 6.74. The van der Waals surface area contributed by atoms with Gasteiger partial charge in [-0.1, -0.05) is 26.2 Å². The molecule has 0 aromatic carbocycles. The molecule has 0 saturated heterocycles. The Balaban J connectivity index is 3.22. The van der Waals surface area contributed by atoms with E-state index in [2.05, 4.69) is 17.0 Å². The molecule has 0 bridgehead atoms. The molecule has 18 heavy (non-hydrogen) atoms. The van der Waals surface area contributed by atoms with Crippen LogP contribution in [0.2, 0.25) is 0 Å². The Morgan fingerprint density at radius 1 is 1.33 bits per heavy atom. The number of ether oxygens (including phenoxy) is 2. The Bertz CT molecular complexity index is 199. The van der Waals surface area contributed by atoms with Gasteiger partial charge in [0, 0.05) is 19.7 Å². The number of carbonyl (C=O) groups is 1. The van der Waals surface area contributed by atoms with E-state index >= 15 is 0 Å². The van der Waals surface area contributed by atoms with E-state index in [4.69, 9.17) is 4.74 Å². The summed E-state index contributed by atoms with van der Waals surface area (Å²) < 4.78 is 9.86. The fourth-order valence-corrected chi connectivity index (χ4v) is 1.47. The van der Waals surface area contributed by atoms with Gasteiger partial charge in [-0.3, -0.25) is 4.79 Å². The summed E-state index contributed by atoms with van der Waals surface area (Å²) in [7, 11) is 1.36. The Morgan fingerprint density at radius 3 is 2.78 bits per heavy atom. The second-order valence-electron chi connectivity index (χ2n) is 4.32. The first kappa shape index (κ1) is 17.4. The molecule has 0 aromatic heterocycles. The van der Waals surface area contributed by atoms with Crippen LogP contribution in [0.5, 0.6) is 0 Å². The van der Waals surface area contributed by atoms with Crippen molar-refractivity contribution in [2.24, 2.45) is 0 Å². The third-order valence-electron chi connectivity index (χ3n) is 2.57. The number of aliphatic hydroxyl groups is 1.